The second kappa shape index (κ2) is 13.1. The molecule has 1 aliphatic rings. The molecule has 0 aliphatic carbocycles. The second-order valence-electron chi connectivity index (χ2n) is 7.37. The summed E-state index contributed by atoms with van der Waals surface area (Å²) in [5, 5.41) is 10.1. The van der Waals surface area contributed by atoms with E-state index in [1.807, 2.05) is 0 Å². The van der Waals surface area contributed by atoms with Gasteiger partial charge in [0.1, 0.15) is 12.1 Å². The van der Waals surface area contributed by atoms with E-state index in [2.05, 4.69) is 21.3 Å². The van der Waals surface area contributed by atoms with Gasteiger partial charge in [-0.25, -0.2) is 4.79 Å². The van der Waals surface area contributed by atoms with Gasteiger partial charge in [-0.05, 0) is 19.8 Å². The summed E-state index contributed by atoms with van der Waals surface area (Å²) in [7, 11) is 0. The molecule has 1 aliphatic heterocycles. The van der Waals surface area contributed by atoms with Crippen LogP contribution in [0.1, 0.15) is 34.1 Å². The van der Waals surface area contributed by atoms with Crippen molar-refractivity contribution in [1.82, 2.24) is 26.2 Å². The number of nitrogens with one attached hydrogen (secondary N) is 4. The zero-order chi connectivity index (χ0) is 24.3. The molecule has 1 unspecified atom stereocenters. The van der Waals surface area contributed by atoms with Gasteiger partial charge in [0.25, 0.3) is 11.8 Å². The Hall–Kier alpha value is -3.44. The average molecular weight is 453 g/mol. The summed E-state index contributed by atoms with van der Waals surface area (Å²) in [6, 6.07) is -1.79. The standard InChI is InChI=1S/C20H31N5O7/c1-5-32-20(31)22-10-9-21-18(29)13(4)23-19(30)17(12(2)3)24-14(26)8-11-25-15(27)6-7-16(25)28/h6-7,12-13,17H,5,8-11H2,1-4H3,(H,21,29)(H,22,31)(H,23,30)(H,24,26)/t13-,17?/m0/s1. The van der Waals surface area contributed by atoms with Gasteiger partial charge in [-0.3, -0.25) is 28.9 Å². The van der Waals surface area contributed by atoms with Crippen molar-refractivity contribution in [3.63, 3.8) is 0 Å². The smallest absolute Gasteiger partial charge is 0.407 e. The van der Waals surface area contributed by atoms with E-state index in [9.17, 15) is 28.8 Å². The molecule has 0 fully saturated rings. The van der Waals surface area contributed by atoms with E-state index < -0.39 is 47.7 Å². The molecule has 2 atom stereocenters. The minimum absolute atomic E-state index is 0.0957. The molecule has 12 heteroatoms. The fourth-order valence-electron chi connectivity index (χ4n) is 2.70. The van der Waals surface area contributed by atoms with Gasteiger partial charge in [-0.15, -0.1) is 0 Å². The van der Waals surface area contributed by atoms with Crippen LogP contribution in [0.15, 0.2) is 12.2 Å². The van der Waals surface area contributed by atoms with E-state index in [1.54, 1.807) is 20.8 Å². The fraction of sp³-hybridized carbons (Fsp3) is 0.600. The van der Waals surface area contributed by atoms with Gasteiger partial charge in [-0.1, -0.05) is 13.8 Å². The monoisotopic (exact) mass is 453 g/mol. The zero-order valence-corrected chi connectivity index (χ0v) is 18.7. The Labute approximate surface area is 186 Å². The third-order valence-electron chi connectivity index (χ3n) is 4.45. The molecule has 0 aromatic heterocycles. The summed E-state index contributed by atoms with van der Waals surface area (Å²) in [5.74, 6) is -2.77. The van der Waals surface area contributed by atoms with E-state index >= 15 is 0 Å². The number of carbonyl (C=O) groups is 6. The van der Waals surface area contributed by atoms with Crippen molar-refractivity contribution in [3.8, 4) is 0 Å². The molecule has 1 rings (SSSR count). The first kappa shape index (κ1) is 26.6. The summed E-state index contributed by atoms with van der Waals surface area (Å²) >= 11 is 0. The molecule has 178 valence electrons. The number of carbonyl (C=O) groups excluding carboxylic acids is 6. The SMILES string of the molecule is CCOC(=O)NCCNC(=O)[C@H](C)NC(=O)C(NC(=O)CCN1C(=O)C=CC1=O)C(C)C. The Balaban J connectivity index is 2.45. The normalized spacial score (nSPS) is 14.7. The van der Waals surface area contributed by atoms with Crippen LogP contribution in [0.3, 0.4) is 0 Å². The zero-order valence-electron chi connectivity index (χ0n) is 18.7. The molecule has 0 aromatic rings. The van der Waals surface area contributed by atoms with Crippen molar-refractivity contribution < 1.29 is 33.5 Å². The molecule has 1 heterocycles. The number of imide groups is 1. The molecule has 0 radical (unpaired) electrons. The first-order valence-corrected chi connectivity index (χ1v) is 10.4. The topological polar surface area (TPSA) is 163 Å². The van der Waals surface area contributed by atoms with Gasteiger partial charge in [0.15, 0.2) is 0 Å². The van der Waals surface area contributed by atoms with Crippen LogP contribution in [0.5, 0.6) is 0 Å². The van der Waals surface area contributed by atoms with Crippen molar-refractivity contribution in [1.29, 1.82) is 0 Å². The maximum Gasteiger partial charge on any atom is 0.407 e. The number of hydrogen-bond donors (Lipinski definition) is 4. The highest BCUT2D eigenvalue weighted by atomic mass is 16.5. The van der Waals surface area contributed by atoms with Crippen molar-refractivity contribution >= 4 is 35.6 Å². The molecule has 0 bridgehead atoms. The molecule has 0 saturated heterocycles. The average Bonchev–Trinajstić information content (AvgIpc) is 3.04. The molecule has 0 spiro atoms. The predicted molar refractivity (Wildman–Crippen MR) is 113 cm³/mol. The lowest BCUT2D eigenvalue weighted by Crippen LogP contribution is -2.55. The summed E-state index contributed by atoms with van der Waals surface area (Å²) in [6.45, 7) is 7.07. The Morgan fingerprint density at radius 1 is 0.938 bits per heavy atom. The van der Waals surface area contributed by atoms with Crippen LogP contribution >= 0.6 is 0 Å². The predicted octanol–water partition coefficient (Wildman–Crippen LogP) is -1.19. The number of ether oxygens (including phenoxy) is 1. The second-order valence-corrected chi connectivity index (χ2v) is 7.37. The lowest BCUT2D eigenvalue weighted by atomic mass is 10.0. The largest absolute Gasteiger partial charge is 0.450 e. The molecular formula is C20H31N5O7. The molecule has 0 aromatic carbocycles. The Morgan fingerprint density at radius 2 is 1.53 bits per heavy atom. The number of nitrogens with zero attached hydrogens (tertiary/aromatic N) is 1. The first-order chi connectivity index (χ1) is 15.1. The van der Waals surface area contributed by atoms with Gasteiger partial charge in [0.2, 0.25) is 17.7 Å². The summed E-state index contributed by atoms with van der Waals surface area (Å²) in [6.07, 6.45) is 1.51. The Bertz CT molecular complexity index is 747. The van der Waals surface area contributed by atoms with Crippen molar-refractivity contribution in [3.05, 3.63) is 12.2 Å². The highest BCUT2D eigenvalue weighted by Gasteiger charge is 2.28. The maximum atomic E-state index is 12.6. The molecule has 12 nitrogen and oxygen atoms in total. The Morgan fingerprint density at radius 3 is 2.09 bits per heavy atom. The van der Waals surface area contributed by atoms with Gasteiger partial charge in [0.05, 0.1) is 6.61 Å². The van der Waals surface area contributed by atoms with Crippen molar-refractivity contribution in [2.45, 2.75) is 46.2 Å². The number of hydrogen-bond acceptors (Lipinski definition) is 7. The number of rotatable bonds is 12. The molecule has 6 amide bonds. The molecular weight excluding hydrogens is 422 g/mol. The lowest BCUT2D eigenvalue weighted by molar-refractivity contribution is -0.137. The van der Waals surface area contributed by atoms with Gasteiger partial charge in [0, 0.05) is 38.2 Å². The summed E-state index contributed by atoms with van der Waals surface area (Å²) in [4.78, 5) is 72.1. The highest BCUT2D eigenvalue weighted by molar-refractivity contribution is 6.13. The minimum atomic E-state index is -0.911. The molecule has 4 N–H and O–H groups in total. The third kappa shape index (κ3) is 8.74. The quantitative estimate of drug-likeness (QED) is 0.213. The van der Waals surface area contributed by atoms with Crippen LogP contribution < -0.4 is 21.3 Å². The van der Waals surface area contributed by atoms with Crippen LogP contribution in [0, 0.1) is 5.92 Å². The van der Waals surface area contributed by atoms with Crippen LogP contribution in [0.25, 0.3) is 0 Å². The van der Waals surface area contributed by atoms with Crippen LogP contribution in [0.4, 0.5) is 4.79 Å². The lowest BCUT2D eigenvalue weighted by Gasteiger charge is -2.24. The van der Waals surface area contributed by atoms with E-state index in [-0.39, 0.29) is 38.6 Å². The van der Waals surface area contributed by atoms with E-state index in [1.165, 1.54) is 6.92 Å². The van der Waals surface area contributed by atoms with E-state index in [0.717, 1.165) is 17.1 Å². The third-order valence-corrected chi connectivity index (χ3v) is 4.45. The minimum Gasteiger partial charge on any atom is -0.450 e. The van der Waals surface area contributed by atoms with Gasteiger partial charge < -0.3 is 26.0 Å². The summed E-state index contributed by atoms with van der Waals surface area (Å²) < 4.78 is 4.69. The first-order valence-electron chi connectivity index (χ1n) is 10.4. The number of alkyl carbamates (subject to hydrolysis) is 1. The van der Waals surface area contributed by atoms with Crippen molar-refractivity contribution in [2.24, 2.45) is 5.92 Å². The highest BCUT2D eigenvalue weighted by Crippen LogP contribution is 2.06. The maximum absolute atomic E-state index is 12.6. The van der Waals surface area contributed by atoms with Crippen molar-refractivity contribution in [2.75, 3.05) is 26.2 Å². The van der Waals surface area contributed by atoms with Gasteiger partial charge >= 0.3 is 6.09 Å². The molecule has 32 heavy (non-hydrogen) atoms. The van der Waals surface area contributed by atoms with Gasteiger partial charge in [-0.2, -0.15) is 0 Å². The summed E-state index contributed by atoms with van der Waals surface area (Å²) in [5.41, 5.74) is 0. The van der Waals surface area contributed by atoms with E-state index in [4.69, 9.17) is 4.74 Å². The molecule has 0 saturated carbocycles. The van der Waals surface area contributed by atoms with Crippen LogP contribution in [-0.2, 0) is 28.7 Å². The Kier molecular flexibility index (Phi) is 10.9. The van der Waals surface area contributed by atoms with Crippen LogP contribution in [-0.4, -0.2) is 78.9 Å². The number of amides is 6. The van der Waals surface area contributed by atoms with Crippen LogP contribution in [0.2, 0.25) is 0 Å². The fourth-order valence-corrected chi connectivity index (χ4v) is 2.70. The van der Waals surface area contributed by atoms with E-state index in [0.29, 0.717) is 0 Å².